The summed E-state index contributed by atoms with van der Waals surface area (Å²) in [5.41, 5.74) is 0.486. The molecular weight excluding hydrogens is 300 g/mol. The van der Waals surface area contributed by atoms with Crippen molar-refractivity contribution in [1.29, 1.82) is 0 Å². The highest BCUT2D eigenvalue weighted by Crippen LogP contribution is 2.39. The first-order valence-electron chi connectivity index (χ1n) is 6.47. The first-order valence-corrected chi connectivity index (χ1v) is 7.39. The van der Waals surface area contributed by atoms with Crippen molar-refractivity contribution in [1.82, 2.24) is 4.90 Å². The Labute approximate surface area is 114 Å². The molecular formula is C14H16BrF2N. The molecule has 98 valence electrons. The lowest BCUT2D eigenvalue weighted by Crippen LogP contribution is -2.42. The topological polar surface area (TPSA) is 3.24 Å². The van der Waals surface area contributed by atoms with Crippen LogP contribution in [0.3, 0.4) is 0 Å². The molecule has 2 aliphatic heterocycles. The van der Waals surface area contributed by atoms with Gasteiger partial charge in [0.15, 0.2) is 0 Å². The van der Waals surface area contributed by atoms with Gasteiger partial charge in [0.05, 0.1) is 0 Å². The molecule has 0 saturated carbocycles. The highest BCUT2D eigenvalue weighted by molar-refractivity contribution is 9.09. The summed E-state index contributed by atoms with van der Waals surface area (Å²) in [5.74, 6) is -0.647. The van der Waals surface area contributed by atoms with Crippen molar-refractivity contribution < 1.29 is 8.78 Å². The Morgan fingerprint density at radius 2 is 1.83 bits per heavy atom. The van der Waals surface area contributed by atoms with E-state index >= 15 is 0 Å². The molecule has 0 aromatic heterocycles. The molecule has 18 heavy (non-hydrogen) atoms. The van der Waals surface area contributed by atoms with Gasteiger partial charge in [-0.15, -0.1) is 0 Å². The molecule has 2 aliphatic rings. The molecule has 2 unspecified atom stereocenters. The molecule has 0 aliphatic carbocycles. The maximum atomic E-state index is 13.7. The van der Waals surface area contributed by atoms with E-state index in [1.54, 1.807) is 0 Å². The smallest absolute Gasteiger partial charge is 0.127 e. The minimum Gasteiger partial charge on any atom is -0.293 e. The van der Waals surface area contributed by atoms with Crippen LogP contribution in [0.1, 0.15) is 31.2 Å². The summed E-state index contributed by atoms with van der Waals surface area (Å²) in [6, 6.07) is 4.78. The molecule has 4 heteroatoms. The highest BCUT2D eigenvalue weighted by atomic mass is 79.9. The molecule has 2 heterocycles. The summed E-state index contributed by atoms with van der Waals surface area (Å²) in [6.07, 6.45) is 4.61. The quantitative estimate of drug-likeness (QED) is 0.749. The third-order valence-electron chi connectivity index (χ3n) is 4.19. The summed E-state index contributed by atoms with van der Waals surface area (Å²) in [6.45, 7) is 0.540. The van der Waals surface area contributed by atoms with E-state index in [1.165, 1.54) is 31.0 Å². The van der Waals surface area contributed by atoms with Gasteiger partial charge in [-0.25, -0.2) is 8.78 Å². The average Bonchev–Trinajstić information content (AvgIpc) is 2.57. The fraction of sp³-hybridized carbons (Fsp3) is 0.571. The van der Waals surface area contributed by atoms with E-state index in [0.717, 1.165) is 12.8 Å². The summed E-state index contributed by atoms with van der Waals surface area (Å²) in [7, 11) is 0. The molecule has 0 amide bonds. The Bertz CT molecular complexity index is 437. The van der Waals surface area contributed by atoms with Crippen molar-refractivity contribution in [3.63, 3.8) is 0 Å². The lowest BCUT2D eigenvalue weighted by atomic mass is 10.0. The van der Waals surface area contributed by atoms with Crippen LogP contribution in [0.15, 0.2) is 18.2 Å². The maximum Gasteiger partial charge on any atom is 0.127 e. The molecule has 1 nitrogen and oxygen atoms in total. The largest absolute Gasteiger partial charge is 0.293 e. The molecule has 2 atom stereocenters. The summed E-state index contributed by atoms with van der Waals surface area (Å²) < 4.78 is 26.9. The Morgan fingerprint density at radius 1 is 1.17 bits per heavy atom. The molecule has 2 bridgehead atoms. The van der Waals surface area contributed by atoms with Gasteiger partial charge in [-0.1, -0.05) is 15.9 Å². The van der Waals surface area contributed by atoms with Crippen LogP contribution in [0.5, 0.6) is 0 Å². The lowest BCUT2D eigenvalue weighted by Gasteiger charge is -2.37. The fourth-order valence-electron chi connectivity index (χ4n) is 3.33. The normalized spacial score (nSPS) is 31.8. The number of hydrogen-bond donors (Lipinski definition) is 0. The van der Waals surface area contributed by atoms with Gasteiger partial charge in [-0.3, -0.25) is 4.90 Å². The maximum absolute atomic E-state index is 13.7. The highest BCUT2D eigenvalue weighted by Gasteiger charge is 2.39. The zero-order valence-electron chi connectivity index (χ0n) is 10.1. The minimum atomic E-state index is -0.353. The summed E-state index contributed by atoms with van der Waals surface area (Å²) in [5, 5.41) is 0. The number of piperidine rings is 1. The van der Waals surface area contributed by atoms with Crippen LogP contribution in [-0.4, -0.2) is 21.8 Å². The standard InChI is InChI=1S/C14H16BrF2N/c15-10-6-12-2-3-13(7-10)18(12)8-9-5-11(16)1-4-14(9)17/h1,4-5,10,12-13H,2-3,6-8H2. The van der Waals surface area contributed by atoms with Crippen molar-refractivity contribution in [3.8, 4) is 0 Å². The number of fused-ring (bicyclic) bond motifs is 2. The second kappa shape index (κ2) is 4.89. The van der Waals surface area contributed by atoms with Gasteiger partial charge in [-0.05, 0) is 43.9 Å². The van der Waals surface area contributed by atoms with E-state index in [1.807, 2.05) is 0 Å². The Morgan fingerprint density at radius 3 is 2.50 bits per heavy atom. The first kappa shape index (κ1) is 12.5. The SMILES string of the molecule is Fc1ccc(F)c(CN2C3CCC2CC(Br)C3)c1. The predicted molar refractivity (Wildman–Crippen MR) is 70.7 cm³/mol. The number of hydrogen-bond acceptors (Lipinski definition) is 1. The van der Waals surface area contributed by atoms with Crippen LogP contribution < -0.4 is 0 Å². The number of rotatable bonds is 2. The zero-order valence-corrected chi connectivity index (χ0v) is 11.7. The third kappa shape index (κ3) is 2.32. The summed E-state index contributed by atoms with van der Waals surface area (Å²) in [4.78, 5) is 2.94. The van der Waals surface area contributed by atoms with E-state index in [9.17, 15) is 8.78 Å². The molecule has 0 N–H and O–H groups in total. The van der Waals surface area contributed by atoms with Crippen LogP contribution in [0, 0.1) is 11.6 Å². The van der Waals surface area contributed by atoms with Crippen molar-refractivity contribution in [2.24, 2.45) is 0 Å². The van der Waals surface area contributed by atoms with Crippen molar-refractivity contribution >= 4 is 15.9 Å². The van der Waals surface area contributed by atoms with Crippen molar-refractivity contribution in [2.45, 2.75) is 49.1 Å². The van der Waals surface area contributed by atoms with E-state index in [0.29, 0.717) is 29.0 Å². The summed E-state index contributed by atoms with van der Waals surface area (Å²) >= 11 is 3.69. The van der Waals surface area contributed by atoms with Gasteiger partial charge in [0.2, 0.25) is 0 Å². The van der Waals surface area contributed by atoms with Gasteiger partial charge in [0.25, 0.3) is 0 Å². The van der Waals surface area contributed by atoms with Crippen LogP contribution in [-0.2, 0) is 6.54 Å². The zero-order chi connectivity index (χ0) is 12.7. The Balaban J connectivity index is 1.79. The molecule has 0 spiro atoms. The molecule has 0 radical (unpaired) electrons. The third-order valence-corrected chi connectivity index (χ3v) is 4.94. The monoisotopic (exact) mass is 315 g/mol. The fourth-order valence-corrected chi connectivity index (χ4v) is 4.19. The van der Waals surface area contributed by atoms with Crippen LogP contribution in [0.2, 0.25) is 0 Å². The van der Waals surface area contributed by atoms with Crippen LogP contribution in [0.25, 0.3) is 0 Å². The van der Waals surface area contributed by atoms with Gasteiger partial charge in [-0.2, -0.15) is 0 Å². The second-order valence-corrected chi connectivity index (χ2v) is 6.66. The Hall–Kier alpha value is -0.480. The predicted octanol–water partition coefficient (Wildman–Crippen LogP) is 3.86. The molecule has 2 fully saturated rings. The number of nitrogens with zero attached hydrogens (tertiary/aromatic N) is 1. The molecule has 3 rings (SSSR count). The van der Waals surface area contributed by atoms with E-state index in [-0.39, 0.29) is 11.6 Å². The van der Waals surface area contributed by atoms with Gasteiger partial charge >= 0.3 is 0 Å². The van der Waals surface area contributed by atoms with E-state index in [2.05, 4.69) is 20.8 Å². The average molecular weight is 316 g/mol. The lowest BCUT2D eigenvalue weighted by molar-refractivity contribution is 0.135. The Kier molecular flexibility index (Phi) is 3.41. The van der Waals surface area contributed by atoms with Gasteiger partial charge in [0.1, 0.15) is 11.6 Å². The van der Waals surface area contributed by atoms with E-state index in [4.69, 9.17) is 0 Å². The molecule has 1 aromatic rings. The van der Waals surface area contributed by atoms with Crippen LogP contribution >= 0.6 is 15.9 Å². The van der Waals surface area contributed by atoms with Crippen LogP contribution in [0.4, 0.5) is 8.78 Å². The number of alkyl halides is 1. The van der Waals surface area contributed by atoms with Gasteiger partial charge in [0, 0.05) is 29.0 Å². The van der Waals surface area contributed by atoms with E-state index < -0.39 is 0 Å². The molecule has 2 saturated heterocycles. The number of benzene rings is 1. The molecule has 1 aromatic carbocycles. The first-order chi connectivity index (χ1) is 8.63. The van der Waals surface area contributed by atoms with Crippen molar-refractivity contribution in [3.05, 3.63) is 35.4 Å². The van der Waals surface area contributed by atoms with Gasteiger partial charge < -0.3 is 0 Å². The van der Waals surface area contributed by atoms with Crippen molar-refractivity contribution in [2.75, 3.05) is 0 Å². The second-order valence-electron chi connectivity index (χ2n) is 5.36. The minimum absolute atomic E-state index is 0.295. The number of halogens is 3.